The molecule has 2 heterocycles. The van der Waals surface area contributed by atoms with Crippen LogP contribution < -0.4 is 0 Å². The predicted molar refractivity (Wildman–Crippen MR) is 72.3 cm³/mol. The molecule has 0 atom stereocenters. The van der Waals surface area contributed by atoms with E-state index in [4.69, 9.17) is 0 Å². The highest BCUT2D eigenvalue weighted by Gasteiger charge is 2.26. The van der Waals surface area contributed by atoms with Crippen molar-refractivity contribution >= 4 is 17.3 Å². The second-order valence-electron chi connectivity index (χ2n) is 5.29. The summed E-state index contributed by atoms with van der Waals surface area (Å²) >= 11 is 1.15. The van der Waals surface area contributed by atoms with E-state index in [9.17, 15) is 4.79 Å². The Kier molecular flexibility index (Phi) is 3.75. The molecule has 2 rings (SSSR count). The molecule has 7 heteroatoms. The van der Waals surface area contributed by atoms with Crippen LogP contribution in [-0.2, 0) is 18.4 Å². The number of nitrogens with zero attached hydrogens (tertiary/aromatic N) is 5. The quantitative estimate of drug-likeness (QED) is 0.799. The van der Waals surface area contributed by atoms with Crippen molar-refractivity contribution in [2.45, 2.75) is 46.1 Å². The van der Waals surface area contributed by atoms with E-state index < -0.39 is 0 Å². The number of aryl methyl sites for hydroxylation is 1. The van der Waals surface area contributed by atoms with Gasteiger partial charge in [0.05, 0.1) is 12.1 Å². The van der Waals surface area contributed by atoms with Crippen LogP contribution in [0.4, 0.5) is 0 Å². The summed E-state index contributed by atoms with van der Waals surface area (Å²) in [5.41, 5.74) is 0.571. The van der Waals surface area contributed by atoms with Crippen molar-refractivity contribution in [1.82, 2.24) is 24.4 Å². The van der Waals surface area contributed by atoms with Crippen LogP contribution >= 0.6 is 11.5 Å². The van der Waals surface area contributed by atoms with Crippen LogP contribution in [0, 0.1) is 0 Å². The van der Waals surface area contributed by atoms with E-state index in [2.05, 4.69) is 19.7 Å². The largest absolute Gasteiger partial charge is 0.293 e. The first-order valence-corrected chi connectivity index (χ1v) is 6.93. The van der Waals surface area contributed by atoms with Crippen molar-refractivity contribution in [3.8, 4) is 0 Å². The highest BCUT2D eigenvalue weighted by Crippen LogP contribution is 2.26. The topological polar surface area (TPSA) is 73.6 Å². The van der Waals surface area contributed by atoms with Gasteiger partial charge in [-0.2, -0.15) is 5.10 Å². The number of hydrogen-bond acceptors (Lipinski definition) is 6. The lowest BCUT2D eigenvalue weighted by Gasteiger charge is -2.15. The van der Waals surface area contributed by atoms with Gasteiger partial charge in [-0.05, 0) is 18.5 Å². The summed E-state index contributed by atoms with van der Waals surface area (Å²) < 4.78 is 5.63. The minimum Gasteiger partial charge on any atom is -0.293 e. The zero-order valence-electron chi connectivity index (χ0n) is 11.5. The first kappa shape index (κ1) is 13.8. The number of carbonyl (C=O) groups excluding carboxylic acids is 1. The number of rotatable bonds is 4. The summed E-state index contributed by atoms with van der Waals surface area (Å²) in [7, 11) is 0. The summed E-state index contributed by atoms with van der Waals surface area (Å²) in [6, 6.07) is 0. The molecule has 0 aliphatic heterocycles. The van der Waals surface area contributed by atoms with E-state index in [-0.39, 0.29) is 17.6 Å². The van der Waals surface area contributed by atoms with E-state index in [1.54, 1.807) is 4.68 Å². The Morgan fingerprint density at radius 3 is 2.79 bits per heavy atom. The number of aromatic nitrogens is 5. The van der Waals surface area contributed by atoms with Crippen molar-refractivity contribution in [3.05, 3.63) is 22.7 Å². The van der Waals surface area contributed by atoms with Crippen LogP contribution in [-0.4, -0.2) is 30.1 Å². The minimum atomic E-state index is -0.184. The normalized spacial score (nSPS) is 11.8. The molecule has 0 aliphatic carbocycles. The number of carbonyl (C=O) groups is 1. The minimum absolute atomic E-state index is 0.00243. The molecular formula is C12H17N5OS. The molecule has 6 nitrogen and oxygen atoms in total. The van der Waals surface area contributed by atoms with Crippen LogP contribution in [0.25, 0.3) is 0 Å². The molecule has 0 aliphatic rings. The molecule has 0 unspecified atom stereocenters. The molecule has 0 saturated carbocycles. The maximum Gasteiger partial charge on any atom is 0.183 e. The van der Waals surface area contributed by atoms with Gasteiger partial charge in [0, 0.05) is 12.0 Å². The van der Waals surface area contributed by atoms with Gasteiger partial charge in [0.25, 0.3) is 0 Å². The van der Waals surface area contributed by atoms with Crippen molar-refractivity contribution in [2.75, 3.05) is 0 Å². The van der Waals surface area contributed by atoms with Gasteiger partial charge in [0.2, 0.25) is 0 Å². The molecule has 0 N–H and O–H groups in total. The Hall–Kier alpha value is -1.63. The standard InChI is InChI=1S/C12H17N5OS/c1-5-17-9(13-7-14-17)6-8(18)10-11(12(2,3)4)15-16-19-10/h7H,5-6H2,1-4H3. The lowest BCUT2D eigenvalue weighted by atomic mass is 9.90. The molecule has 2 aromatic heterocycles. The van der Waals surface area contributed by atoms with Crippen LogP contribution in [0.5, 0.6) is 0 Å². The van der Waals surface area contributed by atoms with Crippen molar-refractivity contribution < 1.29 is 4.79 Å². The molecule has 0 spiro atoms. The van der Waals surface area contributed by atoms with Gasteiger partial charge in [-0.3, -0.25) is 4.79 Å². The van der Waals surface area contributed by atoms with Crippen LogP contribution in [0.1, 0.15) is 48.9 Å². The van der Waals surface area contributed by atoms with Gasteiger partial charge >= 0.3 is 0 Å². The van der Waals surface area contributed by atoms with Crippen molar-refractivity contribution in [1.29, 1.82) is 0 Å². The van der Waals surface area contributed by atoms with E-state index >= 15 is 0 Å². The summed E-state index contributed by atoms with van der Waals surface area (Å²) in [4.78, 5) is 17.1. The number of Topliss-reactive ketones (excluding diaryl/α,β-unsaturated/α-hetero) is 1. The highest BCUT2D eigenvalue weighted by molar-refractivity contribution is 7.08. The first-order chi connectivity index (χ1) is 8.93. The van der Waals surface area contributed by atoms with E-state index in [1.807, 2.05) is 27.7 Å². The molecule has 0 radical (unpaired) electrons. The zero-order valence-corrected chi connectivity index (χ0v) is 12.4. The van der Waals surface area contributed by atoms with Gasteiger partial charge in [0.1, 0.15) is 17.0 Å². The Balaban J connectivity index is 2.24. The maximum atomic E-state index is 12.4. The monoisotopic (exact) mass is 279 g/mol. The Morgan fingerprint density at radius 1 is 1.42 bits per heavy atom. The van der Waals surface area contributed by atoms with Crippen LogP contribution in [0.3, 0.4) is 0 Å². The summed E-state index contributed by atoms with van der Waals surface area (Å²) in [6.07, 6.45) is 1.71. The van der Waals surface area contributed by atoms with Gasteiger partial charge in [0.15, 0.2) is 5.78 Å². The molecule has 0 saturated heterocycles. The summed E-state index contributed by atoms with van der Waals surface area (Å²) in [5.74, 6) is 0.684. The van der Waals surface area contributed by atoms with Crippen molar-refractivity contribution in [2.24, 2.45) is 0 Å². The second-order valence-corrected chi connectivity index (χ2v) is 6.05. The predicted octanol–water partition coefficient (Wildman–Crippen LogP) is 1.87. The lowest BCUT2D eigenvalue weighted by Crippen LogP contribution is -2.18. The van der Waals surface area contributed by atoms with Crippen LogP contribution in [0.2, 0.25) is 0 Å². The average Bonchev–Trinajstić information content (AvgIpc) is 2.95. The molecular weight excluding hydrogens is 262 g/mol. The highest BCUT2D eigenvalue weighted by atomic mass is 32.1. The molecule has 0 bridgehead atoms. The molecule has 0 amide bonds. The van der Waals surface area contributed by atoms with Gasteiger partial charge in [-0.25, -0.2) is 9.67 Å². The van der Waals surface area contributed by atoms with Gasteiger partial charge in [-0.15, -0.1) is 5.10 Å². The SMILES string of the molecule is CCn1ncnc1CC(=O)c1snnc1C(C)(C)C. The fraction of sp³-hybridized carbons (Fsp3) is 0.583. The molecule has 0 fully saturated rings. The number of ketones is 1. The van der Waals surface area contributed by atoms with E-state index in [0.717, 1.165) is 17.2 Å². The van der Waals surface area contributed by atoms with E-state index in [1.165, 1.54) is 6.33 Å². The third-order valence-corrected chi connectivity index (χ3v) is 3.53. The van der Waals surface area contributed by atoms with Gasteiger partial charge in [-0.1, -0.05) is 25.3 Å². The van der Waals surface area contributed by atoms with E-state index in [0.29, 0.717) is 17.2 Å². The third kappa shape index (κ3) is 2.86. The molecule has 2 aromatic rings. The summed E-state index contributed by atoms with van der Waals surface area (Å²) in [6.45, 7) is 8.74. The first-order valence-electron chi connectivity index (χ1n) is 6.16. The average molecular weight is 279 g/mol. The lowest BCUT2D eigenvalue weighted by molar-refractivity contribution is 0.0991. The molecule has 0 aromatic carbocycles. The van der Waals surface area contributed by atoms with Crippen LogP contribution in [0.15, 0.2) is 6.33 Å². The molecule has 19 heavy (non-hydrogen) atoms. The zero-order chi connectivity index (χ0) is 14.0. The van der Waals surface area contributed by atoms with Crippen molar-refractivity contribution in [3.63, 3.8) is 0 Å². The smallest absolute Gasteiger partial charge is 0.183 e. The summed E-state index contributed by atoms with van der Waals surface area (Å²) in [5, 5.41) is 8.15. The third-order valence-electron chi connectivity index (χ3n) is 2.77. The fourth-order valence-electron chi connectivity index (χ4n) is 1.78. The Morgan fingerprint density at radius 2 is 2.16 bits per heavy atom. The molecule has 102 valence electrons. The Bertz CT molecular complexity index is 581. The number of hydrogen-bond donors (Lipinski definition) is 0. The Labute approximate surface area is 116 Å². The fourth-order valence-corrected chi connectivity index (χ4v) is 2.59. The van der Waals surface area contributed by atoms with Gasteiger partial charge < -0.3 is 0 Å². The maximum absolute atomic E-state index is 12.4. The second kappa shape index (κ2) is 5.16.